The van der Waals surface area contributed by atoms with Gasteiger partial charge in [-0.05, 0) is 12.3 Å². The fourth-order valence-electron chi connectivity index (χ4n) is 1.29. The van der Waals surface area contributed by atoms with Gasteiger partial charge in [-0.1, -0.05) is 0 Å². The summed E-state index contributed by atoms with van der Waals surface area (Å²) in [6, 6.07) is 0. The SMILES string of the molecule is OC[C@H]1CNC[C@H](O)[C@H](O)C1. The van der Waals surface area contributed by atoms with E-state index in [1.165, 1.54) is 0 Å². The maximum Gasteiger partial charge on any atom is 0.0923 e. The first-order chi connectivity index (χ1) is 5.24. The van der Waals surface area contributed by atoms with Crippen molar-refractivity contribution in [1.82, 2.24) is 5.32 Å². The lowest BCUT2D eigenvalue weighted by Gasteiger charge is -2.15. The molecule has 0 saturated carbocycles. The summed E-state index contributed by atoms with van der Waals surface area (Å²) in [6.45, 7) is 1.15. The fourth-order valence-corrected chi connectivity index (χ4v) is 1.29. The molecule has 1 fully saturated rings. The summed E-state index contributed by atoms with van der Waals surface area (Å²) in [5.41, 5.74) is 0. The molecule has 0 aromatic carbocycles. The molecule has 0 aliphatic carbocycles. The highest BCUT2D eigenvalue weighted by atomic mass is 16.3. The molecule has 0 aromatic rings. The highest BCUT2D eigenvalue weighted by molar-refractivity contribution is 4.78. The van der Waals surface area contributed by atoms with Crippen LogP contribution in [-0.2, 0) is 0 Å². The Labute approximate surface area is 65.9 Å². The maximum absolute atomic E-state index is 9.26. The predicted molar refractivity (Wildman–Crippen MR) is 40.1 cm³/mol. The van der Waals surface area contributed by atoms with Crippen LogP contribution in [-0.4, -0.2) is 47.2 Å². The van der Waals surface area contributed by atoms with Crippen LogP contribution in [0.15, 0.2) is 0 Å². The van der Waals surface area contributed by atoms with Gasteiger partial charge in [0.2, 0.25) is 0 Å². The molecule has 0 bridgehead atoms. The van der Waals surface area contributed by atoms with Gasteiger partial charge in [-0.25, -0.2) is 0 Å². The molecule has 0 unspecified atom stereocenters. The van der Waals surface area contributed by atoms with E-state index in [2.05, 4.69) is 5.32 Å². The average Bonchev–Trinajstić information content (AvgIpc) is 2.15. The van der Waals surface area contributed by atoms with Gasteiger partial charge in [-0.3, -0.25) is 0 Å². The van der Waals surface area contributed by atoms with Gasteiger partial charge in [0.25, 0.3) is 0 Å². The predicted octanol–water partition coefficient (Wildman–Crippen LogP) is -1.69. The van der Waals surface area contributed by atoms with E-state index in [0.29, 0.717) is 19.5 Å². The van der Waals surface area contributed by atoms with Crippen LogP contribution in [0.5, 0.6) is 0 Å². The van der Waals surface area contributed by atoms with Gasteiger partial charge in [-0.2, -0.15) is 0 Å². The van der Waals surface area contributed by atoms with Crippen molar-refractivity contribution in [1.29, 1.82) is 0 Å². The Balaban J connectivity index is 2.41. The molecule has 3 atom stereocenters. The largest absolute Gasteiger partial charge is 0.396 e. The van der Waals surface area contributed by atoms with Gasteiger partial charge in [0.15, 0.2) is 0 Å². The fraction of sp³-hybridized carbons (Fsp3) is 1.00. The summed E-state index contributed by atoms with van der Waals surface area (Å²) in [5.74, 6) is 0.0714. The molecule has 4 nitrogen and oxygen atoms in total. The van der Waals surface area contributed by atoms with E-state index in [9.17, 15) is 10.2 Å². The molecule has 0 aromatic heterocycles. The Hall–Kier alpha value is -0.160. The van der Waals surface area contributed by atoms with E-state index >= 15 is 0 Å². The second kappa shape index (κ2) is 4.01. The van der Waals surface area contributed by atoms with Crippen LogP contribution in [0.4, 0.5) is 0 Å². The van der Waals surface area contributed by atoms with Crippen LogP contribution in [0.1, 0.15) is 6.42 Å². The highest BCUT2D eigenvalue weighted by Crippen LogP contribution is 2.11. The standard InChI is InChI=1S/C7H15NO3/c9-4-5-1-6(10)7(11)3-8-2-5/h5-11H,1-4H2/t5-,6-,7+/m1/s1. The van der Waals surface area contributed by atoms with Crippen molar-refractivity contribution in [2.75, 3.05) is 19.7 Å². The third kappa shape index (κ3) is 2.41. The molecule has 11 heavy (non-hydrogen) atoms. The van der Waals surface area contributed by atoms with Gasteiger partial charge in [0, 0.05) is 19.7 Å². The minimum absolute atomic E-state index is 0.0663. The average molecular weight is 161 g/mol. The van der Waals surface area contributed by atoms with Crippen molar-refractivity contribution in [2.24, 2.45) is 5.92 Å². The first-order valence-corrected chi connectivity index (χ1v) is 3.91. The minimum atomic E-state index is -0.692. The molecule has 66 valence electrons. The van der Waals surface area contributed by atoms with Crippen LogP contribution < -0.4 is 5.32 Å². The number of aliphatic hydroxyl groups is 3. The lowest BCUT2D eigenvalue weighted by atomic mass is 10.0. The Kier molecular flexibility index (Phi) is 3.26. The zero-order valence-electron chi connectivity index (χ0n) is 6.40. The van der Waals surface area contributed by atoms with Gasteiger partial charge in [0.1, 0.15) is 0 Å². The third-order valence-corrected chi connectivity index (χ3v) is 2.06. The van der Waals surface area contributed by atoms with Gasteiger partial charge >= 0.3 is 0 Å². The van der Waals surface area contributed by atoms with E-state index in [4.69, 9.17) is 5.11 Å². The van der Waals surface area contributed by atoms with Crippen LogP contribution >= 0.6 is 0 Å². The Morgan fingerprint density at radius 1 is 1.18 bits per heavy atom. The van der Waals surface area contributed by atoms with Crippen molar-refractivity contribution in [3.05, 3.63) is 0 Å². The van der Waals surface area contributed by atoms with Gasteiger partial charge in [-0.15, -0.1) is 0 Å². The molecule has 1 rings (SSSR count). The highest BCUT2D eigenvalue weighted by Gasteiger charge is 2.23. The molecule has 4 N–H and O–H groups in total. The molecular weight excluding hydrogens is 146 g/mol. The van der Waals surface area contributed by atoms with E-state index in [1.807, 2.05) is 0 Å². The molecule has 1 heterocycles. The smallest absolute Gasteiger partial charge is 0.0923 e. The number of rotatable bonds is 1. The molecular formula is C7H15NO3. The summed E-state index contributed by atoms with van der Waals surface area (Å²) >= 11 is 0. The second-order valence-electron chi connectivity index (χ2n) is 3.08. The number of β-amino-alcohol motifs (C(OH)–C–C–N with tert-alkyl or cyclic N) is 1. The monoisotopic (exact) mass is 161 g/mol. The third-order valence-electron chi connectivity index (χ3n) is 2.06. The Bertz CT molecular complexity index is 120. The first-order valence-electron chi connectivity index (χ1n) is 3.91. The summed E-state index contributed by atoms with van der Waals surface area (Å²) in [5, 5.41) is 30.2. The van der Waals surface area contributed by atoms with Gasteiger partial charge in [0.05, 0.1) is 12.2 Å². The van der Waals surface area contributed by atoms with E-state index in [1.54, 1.807) is 0 Å². The molecule has 4 heteroatoms. The number of hydrogen-bond acceptors (Lipinski definition) is 4. The maximum atomic E-state index is 9.26. The van der Waals surface area contributed by atoms with Crippen molar-refractivity contribution < 1.29 is 15.3 Å². The number of hydrogen-bond donors (Lipinski definition) is 4. The van der Waals surface area contributed by atoms with E-state index in [-0.39, 0.29) is 12.5 Å². The number of aliphatic hydroxyl groups excluding tert-OH is 3. The topological polar surface area (TPSA) is 72.7 Å². The molecule has 1 saturated heterocycles. The van der Waals surface area contributed by atoms with Crippen molar-refractivity contribution >= 4 is 0 Å². The lowest BCUT2D eigenvalue weighted by molar-refractivity contribution is 0.0137. The van der Waals surface area contributed by atoms with E-state index in [0.717, 1.165) is 0 Å². The molecule has 1 aliphatic rings. The van der Waals surface area contributed by atoms with Crippen molar-refractivity contribution in [2.45, 2.75) is 18.6 Å². The summed E-state index contributed by atoms with van der Waals surface area (Å²) in [7, 11) is 0. The Morgan fingerprint density at radius 2 is 1.91 bits per heavy atom. The van der Waals surface area contributed by atoms with Crippen molar-refractivity contribution in [3.63, 3.8) is 0 Å². The minimum Gasteiger partial charge on any atom is -0.396 e. The van der Waals surface area contributed by atoms with Crippen LogP contribution in [0.3, 0.4) is 0 Å². The quantitative estimate of drug-likeness (QED) is 0.370. The number of nitrogens with one attached hydrogen (secondary N) is 1. The van der Waals surface area contributed by atoms with Crippen LogP contribution in [0.2, 0.25) is 0 Å². The normalized spacial score (nSPS) is 40.1. The summed E-state index contributed by atoms with van der Waals surface area (Å²) < 4.78 is 0. The molecule has 0 spiro atoms. The molecule has 1 aliphatic heterocycles. The zero-order valence-corrected chi connectivity index (χ0v) is 6.40. The van der Waals surface area contributed by atoms with E-state index < -0.39 is 12.2 Å². The second-order valence-corrected chi connectivity index (χ2v) is 3.08. The molecule has 0 amide bonds. The molecule has 0 radical (unpaired) electrons. The first kappa shape index (κ1) is 8.93. The lowest BCUT2D eigenvalue weighted by Crippen LogP contribution is -2.32. The van der Waals surface area contributed by atoms with Crippen LogP contribution in [0, 0.1) is 5.92 Å². The Morgan fingerprint density at radius 3 is 2.55 bits per heavy atom. The summed E-state index contributed by atoms with van der Waals surface area (Å²) in [4.78, 5) is 0. The van der Waals surface area contributed by atoms with Gasteiger partial charge < -0.3 is 20.6 Å². The summed E-state index contributed by atoms with van der Waals surface area (Å²) in [6.07, 6.45) is -0.904. The van der Waals surface area contributed by atoms with Crippen molar-refractivity contribution in [3.8, 4) is 0 Å². The zero-order chi connectivity index (χ0) is 8.27. The van der Waals surface area contributed by atoms with Crippen LogP contribution in [0.25, 0.3) is 0 Å².